The SMILES string of the molecule is CC(CC(=O)N(C)C1CCCNC1)CC(C)(C)C. The smallest absolute Gasteiger partial charge is 0.222 e. The van der Waals surface area contributed by atoms with Gasteiger partial charge in [0.1, 0.15) is 0 Å². The van der Waals surface area contributed by atoms with Crippen LogP contribution in [0.1, 0.15) is 53.4 Å². The van der Waals surface area contributed by atoms with Crippen LogP contribution in [0.2, 0.25) is 0 Å². The summed E-state index contributed by atoms with van der Waals surface area (Å²) in [5.41, 5.74) is 0.310. The molecular weight excluding hydrogens is 224 g/mol. The van der Waals surface area contributed by atoms with E-state index in [9.17, 15) is 4.79 Å². The van der Waals surface area contributed by atoms with Gasteiger partial charge in [-0.05, 0) is 37.1 Å². The summed E-state index contributed by atoms with van der Waals surface area (Å²) in [7, 11) is 1.96. The Hall–Kier alpha value is -0.570. The van der Waals surface area contributed by atoms with Crippen molar-refractivity contribution < 1.29 is 4.79 Å². The first kappa shape index (κ1) is 15.5. The molecule has 3 heteroatoms. The maximum absolute atomic E-state index is 12.2. The Morgan fingerprint density at radius 3 is 2.61 bits per heavy atom. The highest BCUT2D eigenvalue weighted by Gasteiger charge is 2.24. The van der Waals surface area contributed by atoms with Gasteiger partial charge < -0.3 is 10.2 Å². The van der Waals surface area contributed by atoms with Gasteiger partial charge >= 0.3 is 0 Å². The second kappa shape index (κ2) is 6.55. The summed E-state index contributed by atoms with van der Waals surface area (Å²) in [5, 5.41) is 3.37. The fraction of sp³-hybridized carbons (Fsp3) is 0.933. The zero-order valence-electron chi connectivity index (χ0n) is 12.8. The molecule has 1 fully saturated rings. The topological polar surface area (TPSA) is 32.3 Å². The summed E-state index contributed by atoms with van der Waals surface area (Å²) in [5.74, 6) is 0.775. The molecule has 0 aromatic carbocycles. The normalized spacial score (nSPS) is 22.6. The van der Waals surface area contributed by atoms with Gasteiger partial charge in [0.2, 0.25) is 5.91 Å². The van der Waals surface area contributed by atoms with Crippen molar-refractivity contribution in [1.82, 2.24) is 10.2 Å². The van der Waals surface area contributed by atoms with Crippen LogP contribution in [0, 0.1) is 11.3 Å². The molecule has 3 nitrogen and oxygen atoms in total. The minimum atomic E-state index is 0.306. The summed E-state index contributed by atoms with van der Waals surface area (Å²) in [6.45, 7) is 11.0. The molecule has 0 spiro atoms. The molecule has 1 aliphatic heterocycles. The first-order valence-corrected chi connectivity index (χ1v) is 7.26. The summed E-state index contributed by atoms with van der Waals surface area (Å²) < 4.78 is 0. The number of hydrogen-bond acceptors (Lipinski definition) is 2. The third kappa shape index (κ3) is 5.38. The second-order valence-corrected chi connectivity index (χ2v) is 7.08. The van der Waals surface area contributed by atoms with E-state index in [-0.39, 0.29) is 0 Å². The van der Waals surface area contributed by atoms with Crippen molar-refractivity contribution in [3.63, 3.8) is 0 Å². The summed E-state index contributed by atoms with van der Waals surface area (Å²) >= 11 is 0. The van der Waals surface area contributed by atoms with E-state index in [0.717, 1.165) is 25.9 Å². The van der Waals surface area contributed by atoms with E-state index in [0.29, 0.717) is 29.7 Å². The standard InChI is InChI=1S/C15H30N2O/c1-12(10-15(2,3)4)9-14(18)17(5)13-7-6-8-16-11-13/h12-13,16H,6-11H2,1-5H3. The van der Waals surface area contributed by atoms with Gasteiger partial charge in [-0.2, -0.15) is 0 Å². The molecule has 1 heterocycles. The van der Waals surface area contributed by atoms with E-state index < -0.39 is 0 Å². The van der Waals surface area contributed by atoms with Crippen molar-refractivity contribution in [2.24, 2.45) is 11.3 Å². The molecule has 0 aromatic heterocycles. The van der Waals surface area contributed by atoms with Gasteiger partial charge in [-0.3, -0.25) is 4.79 Å². The van der Waals surface area contributed by atoms with E-state index in [1.54, 1.807) is 0 Å². The van der Waals surface area contributed by atoms with E-state index >= 15 is 0 Å². The predicted molar refractivity (Wildman–Crippen MR) is 76.5 cm³/mol. The lowest BCUT2D eigenvalue weighted by Crippen LogP contribution is -2.47. The molecular formula is C15H30N2O. The first-order valence-electron chi connectivity index (χ1n) is 7.26. The Bertz CT molecular complexity index is 264. The number of amides is 1. The Morgan fingerprint density at radius 1 is 1.44 bits per heavy atom. The summed E-state index contributed by atoms with van der Waals surface area (Å²) in [6.07, 6.45) is 4.11. The van der Waals surface area contributed by atoms with Gasteiger partial charge in [-0.25, -0.2) is 0 Å². The molecule has 18 heavy (non-hydrogen) atoms. The van der Waals surface area contributed by atoms with Crippen LogP contribution in [0.25, 0.3) is 0 Å². The van der Waals surface area contributed by atoms with Crippen molar-refractivity contribution in [2.75, 3.05) is 20.1 Å². The molecule has 1 amide bonds. The number of nitrogens with zero attached hydrogens (tertiary/aromatic N) is 1. The van der Waals surface area contributed by atoms with Crippen molar-refractivity contribution >= 4 is 5.91 Å². The average molecular weight is 254 g/mol. The van der Waals surface area contributed by atoms with Crippen LogP contribution in [-0.4, -0.2) is 37.0 Å². The lowest BCUT2D eigenvalue weighted by molar-refractivity contribution is -0.133. The Labute approximate surface area is 112 Å². The van der Waals surface area contributed by atoms with Crippen LogP contribution in [0.15, 0.2) is 0 Å². The lowest BCUT2D eigenvalue weighted by Gasteiger charge is -2.33. The number of piperidine rings is 1. The van der Waals surface area contributed by atoms with E-state index in [1.165, 1.54) is 6.42 Å². The molecule has 1 N–H and O–H groups in total. The van der Waals surface area contributed by atoms with Crippen LogP contribution in [0.5, 0.6) is 0 Å². The van der Waals surface area contributed by atoms with Gasteiger partial charge in [0, 0.05) is 26.1 Å². The second-order valence-electron chi connectivity index (χ2n) is 7.08. The average Bonchev–Trinajstić information content (AvgIpc) is 2.26. The molecule has 0 aliphatic carbocycles. The highest BCUT2D eigenvalue weighted by Crippen LogP contribution is 2.26. The molecule has 0 aromatic rings. The zero-order chi connectivity index (χ0) is 13.8. The van der Waals surface area contributed by atoms with E-state index in [4.69, 9.17) is 0 Å². The minimum absolute atomic E-state index is 0.306. The van der Waals surface area contributed by atoms with Crippen LogP contribution < -0.4 is 5.32 Å². The molecule has 0 bridgehead atoms. The van der Waals surface area contributed by atoms with E-state index in [1.807, 2.05) is 11.9 Å². The number of likely N-dealkylation sites (N-methyl/N-ethyl adjacent to an activating group) is 1. The van der Waals surface area contributed by atoms with Crippen molar-refractivity contribution in [1.29, 1.82) is 0 Å². The maximum atomic E-state index is 12.2. The largest absolute Gasteiger partial charge is 0.341 e. The summed E-state index contributed by atoms with van der Waals surface area (Å²) in [6, 6.07) is 0.396. The minimum Gasteiger partial charge on any atom is -0.341 e. The third-order valence-corrected chi connectivity index (χ3v) is 3.70. The molecule has 0 radical (unpaired) electrons. The predicted octanol–water partition coefficient (Wildman–Crippen LogP) is 2.66. The molecule has 0 saturated carbocycles. The molecule has 1 saturated heterocycles. The fourth-order valence-electron chi connectivity index (χ4n) is 2.93. The molecule has 2 atom stereocenters. The van der Waals surface area contributed by atoms with Crippen LogP contribution in [-0.2, 0) is 4.79 Å². The fourth-order valence-corrected chi connectivity index (χ4v) is 2.93. The van der Waals surface area contributed by atoms with Crippen molar-refractivity contribution in [3.8, 4) is 0 Å². The number of nitrogens with one attached hydrogen (secondary N) is 1. The molecule has 106 valence electrons. The van der Waals surface area contributed by atoms with E-state index in [2.05, 4.69) is 33.0 Å². The van der Waals surface area contributed by atoms with Gasteiger partial charge in [-0.1, -0.05) is 27.7 Å². The highest BCUT2D eigenvalue weighted by atomic mass is 16.2. The molecule has 1 aliphatic rings. The lowest BCUT2D eigenvalue weighted by atomic mass is 9.84. The Balaban J connectivity index is 2.39. The van der Waals surface area contributed by atoms with Crippen molar-refractivity contribution in [2.45, 2.75) is 59.4 Å². The molecule has 1 rings (SSSR count). The number of carbonyl (C=O) groups excluding carboxylic acids is 1. The quantitative estimate of drug-likeness (QED) is 0.836. The van der Waals surface area contributed by atoms with Gasteiger partial charge in [-0.15, -0.1) is 0 Å². The van der Waals surface area contributed by atoms with Gasteiger partial charge in [0.05, 0.1) is 0 Å². The zero-order valence-corrected chi connectivity index (χ0v) is 12.8. The first-order chi connectivity index (χ1) is 8.29. The number of carbonyl (C=O) groups is 1. The van der Waals surface area contributed by atoms with Crippen LogP contribution in [0.4, 0.5) is 0 Å². The molecule has 2 unspecified atom stereocenters. The monoisotopic (exact) mass is 254 g/mol. The maximum Gasteiger partial charge on any atom is 0.222 e. The third-order valence-electron chi connectivity index (χ3n) is 3.70. The summed E-state index contributed by atoms with van der Waals surface area (Å²) in [4.78, 5) is 14.2. The van der Waals surface area contributed by atoms with Gasteiger partial charge in [0.15, 0.2) is 0 Å². The van der Waals surface area contributed by atoms with Crippen LogP contribution in [0.3, 0.4) is 0 Å². The van der Waals surface area contributed by atoms with Gasteiger partial charge in [0.25, 0.3) is 0 Å². The highest BCUT2D eigenvalue weighted by molar-refractivity contribution is 5.76. The Morgan fingerprint density at radius 2 is 2.11 bits per heavy atom. The number of rotatable bonds is 4. The van der Waals surface area contributed by atoms with Crippen LogP contribution >= 0.6 is 0 Å². The van der Waals surface area contributed by atoms with Crippen molar-refractivity contribution in [3.05, 3.63) is 0 Å². The number of hydrogen-bond donors (Lipinski definition) is 1. The Kier molecular flexibility index (Phi) is 5.64.